The molecular weight excluding hydrogens is 280 g/mol. The Hall–Kier alpha value is -2.82. The van der Waals surface area contributed by atoms with Crippen molar-refractivity contribution in [1.29, 1.82) is 0 Å². The second kappa shape index (κ2) is 7.26. The molecule has 0 radical (unpaired) electrons. The smallest absolute Gasteiger partial charge is 0.313 e. The SMILES string of the molecule is COc1ccc(CNC(=O)C(=O)Nc2cccc(C)c2)cc1. The average molecular weight is 298 g/mol. The highest BCUT2D eigenvalue weighted by molar-refractivity contribution is 6.39. The number of methoxy groups -OCH3 is 1. The van der Waals surface area contributed by atoms with E-state index >= 15 is 0 Å². The molecule has 0 saturated carbocycles. The van der Waals surface area contributed by atoms with E-state index in [0.717, 1.165) is 16.9 Å². The highest BCUT2D eigenvalue weighted by Crippen LogP contribution is 2.11. The molecule has 0 fully saturated rings. The summed E-state index contributed by atoms with van der Waals surface area (Å²) in [6.45, 7) is 2.20. The van der Waals surface area contributed by atoms with Crippen LogP contribution in [0, 0.1) is 6.92 Å². The molecule has 2 amide bonds. The van der Waals surface area contributed by atoms with Gasteiger partial charge in [-0.3, -0.25) is 9.59 Å². The van der Waals surface area contributed by atoms with Gasteiger partial charge in [0.25, 0.3) is 0 Å². The van der Waals surface area contributed by atoms with Crippen LogP contribution in [0.25, 0.3) is 0 Å². The largest absolute Gasteiger partial charge is 0.497 e. The molecule has 0 aliphatic carbocycles. The fourth-order valence-electron chi connectivity index (χ4n) is 1.92. The molecule has 0 unspecified atom stereocenters. The van der Waals surface area contributed by atoms with E-state index in [0.29, 0.717) is 5.69 Å². The van der Waals surface area contributed by atoms with E-state index in [2.05, 4.69) is 10.6 Å². The van der Waals surface area contributed by atoms with Gasteiger partial charge in [-0.25, -0.2) is 0 Å². The topological polar surface area (TPSA) is 67.4 Å². The van der Waals surface area contributed by atoms with Crippen LogP contribution in [0.5, 0.6) is 5.75 Å². The maximum atomic E-state index is 11.8. The van der Waals surface area contributed by atoms with Crippen LogP contribution in [-0.4, -0.2) is 18.9 Å². The number of aryl methyl sites for hydroxylation is 1. The summed E-state index contributed by atoms with van der Waals surface area (Å²) < 4.78 is 5.06. The summed E-state index contributed by atoms with van der Waals surface area (Å²) in [6.07, 6.45) is 0. The Labute approximate surface area is 129 Å². The van der Waals surface area contributed by atoms with Crippen LogP contribution in [-0.2, 0) is 16.1 Å². The molecule has 5 heteroatoms. The molecule has 2 N–H and O–H groups in total. The van der Waals surface area contributed by atoms with Crippen molar-refractivity contribution >= 4 is 17.5 Å². The van der Waals surface area contributed by atoms with Gasteiger partial charge in [-0.05, 0) is 42.3 Å². The molecule has 0 atom stereocenters. The third-order valence-corrected chi connectivity index (χ3v) is 3.09. The highest BCUT2D eigenvalue weighted by Gasteiger charge is 2.13. The Morgan fingerprint density at radius 3 is 2.41 bits per heavy atom. The summed E-state index contributed by atoms with van der Waals surface area (Å²) >= 11 is 0. The second-order valence-corrected chi connectivity index (χ2v) is 4.85. The lowest BCUT2D eigenvalue weighted by Crippen LogP contribution is -2.34. The first-order valence-corrected chi connectivity index (χ1v) is 6.87. The van der Waals surface area contributed by atoms with Gasteiger partial charge in [0.2, 0.25) is 0 Å². The van der Waals surface area contributed by atoms with E-state index in [1.807, 2.05) is 31.2 Å². The number of anilines is 1. The van der Waals surface area contributed by atoms with Gasteiger partial charge in [0.1, 0.15) is 5.75 Å². The van der Waals surface area contributed by atoms with Gasteiger partial charge in [0.15, 0.2) is 0 Å². The van der Waals surface area contributed by atoms with Gasteiger partial charge >= 0.3 is 11.8 Å². The number of benzene rings is 2. The van der Waals surface area contributed by atoms with Crippen molar-refractivity contribution in [2.24, 2.45) is 0 Å². The lowest BCUT2D eigenvalue weighted by atomic mass is 10.2. The van der Waals surface area contributed by atoms with Gasteiger partial charge in [-0.2, -0.15) is 0 Å². The van der Waals surface area contributed by atoms with Gasteiger partial charge in [0.05, 0.1) is 7.11 Å². The number of carbonyl (C=O) groups is 2. The first-order chi connectivity index (χ1) is 10.6. The lowest BCUT2D eigenvalue weighted by molar-refractivity contribution is -0.136. The van der Waals surface area contributed by atoms with Gasteiger partial charge < -0.3 is 15.4 Å². The molecule has 2 rings (SSSR count). The molecule has 0 spiro atoms. The van der Waals surface area contributed by atoms with Crippen LogP contribution in [0.1, 0.15) is 11.1 Å². The Morgan fingerprint density at radius 2 is 1.77 bits per heavy atom. The number of hydrogen-bond acceptors (Lipinski definition) is 3. The normalized spacial score (nSPS) is 9.91. The maximum Gasteiger partial charge on any atom is 0.313 e. The molecule has 5 nitrogen and oxygen atoms in total. The fourth-order valence-corrected chi connectivity index (χ4v) is 1.92. The van der Waals surface area contributed by atoms with E-state index in [1.54, 1.807) is 31.4 Å². The molecule has 0 bridgehead atoms. The van der Waals surface area contributed by atoms with E-state index in [-0.39, 0.29) is 6.54 Å². The maximum absolute atomic E-state index is 11.8. The molecular formula is C17H18N2O3. The van der Waals surface area contributed by atoms with Crippen molar-refractivity contribution in [3.63, 3.8) is 0 Å². The third-order valence-electron chi connectivity index (χ3n) is 3.09. The van der Waals surface area contributed by atoms with Gasteiger partial charge in [0, 0.05) is 12.2 Å². The molecule has 0 aliphatic heterocycles. The average Bonchev–Trinajstić information content (AvgIpc) is 2.53. The number of hydrogen-bond donors (Lipinski definition) is 2. The molecule has 0 aliphatic rings. The summed E-state index contributed by atoms with van der Waals surface area (Å²) in [4.78, 5) is 23.6. The number of nitrogens with one attached hydrogen (secondary N) is 2. The molecule has 0 saturated heterocycles. The lowest BCUT2D eigenvalue weighted by Gasteiger charge is -2.07. The van der Waals surface area contributed by atoms with Crippen molar-refractivity contribution in [3.05, 3.63) is 59.7 Å². The van der Waals surface area contributed by atoms with E-state index < -0.39 is 11.8 Å². The first kappa shape index (κ1) is 15.6. The zero-order chi connectivity index (χ0) is 15.9. The van der Waals surface area contributed by atoms with E-state index in [1.165, 1.54) is 0 Å². The summed E-state index contributed by atoms with van der Waals surface area (Å²) in [7, 11) is 1.59. The summed E-state index contributed by atoms with van der Waals surface area (Å²) in [5.41, 5.74) is 2.50. The van der Waals surface area contributed by atoms with Crippen LogP contribution in [0.15, 0.2) is 48.5 Å². The molecule has 114 valence electrons. The monoisotopic (exact) mass is 298 g/mol. The van der Waals surface area contributed by atoms with E-state index in [4.69, 9.17) is 4.74 Å². The highest BCUT2D eigenvalue weighted by atomic mass is 16.5. The van der Waals surface area contributed by atoms with Gasteiger partial charge in [-0.1, -0.05) is 24.3 Å². The minimum absolute atomic E-state index is 0.282. The molecule has 0 aromatic heterocycles. The Balaban J connectivity index is 1.87. The second-order valence-electron chi connectivity index (χ2n) is 4.85. The minimum Gasteiger partial charge on any atom is -0.497 e. The number of carbonyl (C=O) groups excluding carboxylic acids is 2. The zero-order valence-electron chi connectivity index (χ0n) is 12.6. The quantitative estimate of drug-likeness (QED) is 0.851. The number of rotatable bonds is 4. The Morgan fingerprint density at radius 1 is 1.05 bits per heavy atom. The van der Waals surface area contributed by atoms with Crippen molar-refractivity contribution in [3.8, 4) is 5.75 Å². The Kier molecular flexibility index (Phi) is 5.14. The number of ether oxygens (including phenoxy) is 1. The molecule has 22 heavy (non-hydrogen) atoms. The molecule has 0 heterocycles. The first-order valence-electron chi connectivity index (χ1n) is 6.87. The standard InChI is InChI=1S/C17H18N2O3/c1-12-4-3-5-14(10-12)19-17(21)16(20)18-11-13-6-8-15(22-2)9-7-13/h3-10H,11H2,1-2H3,(H,18,20)(H,19,21). The van der Waals surface area contributed by atoms with Crippen LogP contribution >= 0.6 is 0 Å². The Bertz CT molecular complexity index is 666. The van der Waals surface area contributed by atoms with Gasteiger partial charge in [-0.15, -0.1) is 0 Å². The van der Waals surface area contributed by atoms with E-state index in [9.17, 15) is 9.59 Å². The third kappa shape index (κ3) is 4.34. The van der Waals surface area contributed by atoms with Crippen LogP contribution in [0.3, 0.4) is 0 Å². The molecule has 2 aromatic rings. The summed E-state index contributed by atoms with van der Waals surface area (Å²) in [6, 6.07) is 14.5. The predicted octanol–water partition coefficient (Wildman–Crippen LogP) is 2.26. The predicted molar refractivity (Wildman–Crippen MR) is 84.6 cm³/mol. The molecule has 2 aromatic carbocycles. The van der Waals surface area contributed by atoms with Crippen LogP contribution in [0.4, 0.5) is 5.69 Å². The van der Waals surface area contributed by atoms with Crippen molar-refractivity contribution in [2.75, 3.05) is 12.4 Å². The van der Waals surface area contributed by atoms with Crippen LogP contribution in [0.2, 0.25) is 0 Å². The van der Waals surface area contributed by atoms with Crippen molar-refractivity contribution < 1.29 is 14.3 Å². The van der Waals surface area contributed by atoms with Crippen molar-refractivity contribution in [1.82, 2.24) is 5.32 Å². The number of amides is 2. The fraction of sp³-hybridized carbons (Fsp3) is 0.176. The van der Waals surface area contributed by atoms with Crippen molar-refractivity contribution in [2.45, 2.75) is 13.5 Å². The minimum atomic E-state index is -0.681. The summed E-state index contributed by atoms with van der Waals surface area (Å²) in [5.74, 6) is -0.608. The van der Waals surface area contributed by atoms with Crippen LogP contribution < -0.4 is 15.4 Å². The zero-order valence-corrected chi connectivity index (χ0v) is 12.6. The summed E-state index contributed by atoms with van der Waals surface area (Å²) in [5, 5.41) is 5.15.